The highest BCUT2D eigenvalue weighted by molar-refractivity contribution is 7.99. The lowest BCUT2D eigenvalue weighted by Gasteiger charge is -2.16. The van der Waals surface area contributed by atoms with Gasteiger partial charge in [0, 0.05) is 60.3 Å². The fourth-order valence-electron chi connectivity index (χ4n) is 4.27. The molecule has 15 nitrogen and oxygen atoms in total. The van der Waals surface area contributed by atoms with Crippen LogP contribution in [0.15, 0.2) is 50.1 Å². The van der Waals surface area contributed by atoms with Crippen LogP contribution in [0.4, 0.5) is 0 Å². The largest absolute Gasteiger partial charge is 0.463 e. The van der Waals surface area contributed by atoms with Crippen LogP contribution >= 0.6 is 11.8 Å². The number of carbonyl (C=O) groups is 3. The van der Waals surface area contributed by atoms with E-state index in [0.29, 0.717) is 31.5 Å². The zero-order valence-corrected chi connectivity index (χ0v) is 24.5. The number of H-pyrrole nitrogens is 1. The summed E-state index contributed by atoms with van der Waals surface area (Å²) in [5.74, 6) is -1.12. The van der Waals surface area contributed by atoms with Crippen LogP contribution in [0.5, 0.6) is 0 Å². The number of carbonyl (C=O) groups excluding carboxylic acids is 3. The number of hydrogen-bond donors (Lipinski definition) is 3. The van der Waals surface area contributed by atoms with E-state index in [0.717, 1.165) is 10.5 Å². The molecule has 4 N–H and O–H groups in total. The maximum absolute atomic E-state index is 12.3. The third-order valence-electron chi connectivity index (χ3n) is 6.55. The number of benzene rings is 1. The standard InChI is InChI=1S/C27H35N7O8S/c1-17-14-34(27(39)31-26(17)38)23-12-19(32-33-29)20(42-23)15-40-24(36)8-4-5-9-25(37)41-16-43-21-7-3-2-6-18(21)13-30-11-10-22(28)35/h2-3,6-7,14,19-20,23,30H,4-5,8-13,15-16H2,1H3,(H2,28,35)(H,31,38,39)/t19-,20+,23+/m0/s1. The second-order valence-electron chi connectivity index (χ2n) is 9.79. The average Bonchev–Trinajstić information content (AvgIpc) is 3.37. The minimum atomic E-state index is -0.801. The van der Waals surface area contributed by atoms with Crippen molar-refractivity contribution in [1.29, 1.82) is 0 Å². The number of esters is 2. The van der Waals surface area contributed by atoms with Crippen molar-refractivity contribution in [3.63, 3.8) is 0 Å². The maximum Gasteiger partial charge on any atom is 0.330 e. The number of amides is 1. The van der Waals surface area contributed by atoms with E-state index >= 15 is 0 Å². The lowest BCUT2D eigenvalue weighted by molar-refractivity contribution is -0.149. The van der Waals surface area contributed by atoms with Crippen LogP contribution in [0.25, 0.3) is 10.4 Å². The summed E-state index contributed by atoms with van der Waals surface area (Å²) in [5, 5.41) is 6.85. The van der Waals surface area contributed by atoms with Crippen LogP contribution < -0.4 is 22.3 Å². The van der Waals surface area contributed by atoms with E-state index in [1.165, 1.54) is 22.5 Å². The van der Waals surface area contributed by atoms with E-state index in [1.807, 2.05) is 24.3 Å². The smallest absolute Gasteiger partial charge is 0.330 e. The number of rotatable bonds is 17. The van der Waals surface area contributed by atoms with E-state index in [-0.39, 0.29) is 50.1 Å². The molecule has 2 aromatic rings. The number of nitrogens with two attached hydrogens (primary N) is 1. The summed E-state index contributed by atoms with van der Waals surface area (Å²) in [7, 11) is 0. The Bertz CT molecular complexity index is 1440. The monoisotopic (exact) mass is 617 g/mol. The Morgan fingerprint density at radius 1 is 1.19 bits per heavy atom. The van der Waals surface area contributed by atoms with Crippen molar-refractivity contribution in [3.8, 4) is 0 Å². The molecule has 232 valence electrons. The number of ether oxygens (including phenoxy) is 3. The zero-order valence-electron chi connectivity index (χ0n) is 23.7. The average molecular weight is 618 g/mol. The molecule has 0 saturated carbocycles. The second-order valence-corrected chi connectivity index (χ2v) is 10.7. The molecular formula is C27H35N7O8S. The van der Waals surface area contributed by atoms with E-state index in [9.17, 15) is 24.0 Å². The highest BCUT2D eigenvalue weighted by Gasteiger charge is 2.37. The fourth-order valence-corrected chi connectivity index (χ4v) is 5.08. The molecule has 3 rings (SSSR count). The molecule has 0 aliphatic carbocycles. The number of unbranched alkanes of at least 4 members (excludes halogenated alkanes) is 1. The third kappa shape index (κ3) is 10.9. The van der Waals surface area contributed by atoms with Crippen molar-refractivity contribution in [2.45, 2.75) is 75.3 Å². The van der Waals surface area contributed by atoms with Crippen LogP contribution in [-0.2, 0) is 35.1 Å². The Morgan fingerprint density at radius 3 is 2.63 bits per heavy atom. The van der Waals surface area contributed by atoms with Crippen LogP contribution in [0.3, 0.4) is 0 Å². The molecule has 2 heterocycles. The first kappa shape index (κ1) is 33.4. The van der Waals surface area contributed by atoms with E-state index in [2.05, 4.69) is 20.3 Å². The van der Waals surface area contributed by atoms with Crippen LogP contribution in [0, 0.1) is 6.92 Å². The van der Waals surface area contributed by atoms with Crippen LogP contribution in [0.2, 0.25) is 0 Å². The molecule has 0 radical (unpaired) electrons. The minimum Gasteiger partial charge on any atom is -0.463 e. The fraction of sp³-hybridized carbons (Fsp3) is 0.519. The molecule has 16 heteroatoms. The van der Waals surface area contributed by atoms with Gasteiger partial charge in [0.2, 0.25) is 5.91 Å². The predicted molar refractivity (Wildman–Crippen MR) is 156 cm³/mol. The van der Waals surface area contributed by atoms with Gasteiger partial charge < -0.3 is 25.3 Å². The Balaban J connectivity index is 1.34. The highest BCUT2D eigenvalue weighted by Crippen LogP contribution is 2.30. The van der Waals surface area contributed by atoms with E-state index < -0.39 is 35.6 Å². The minimum absolute atomic E-state index is 0.0685. The summed E-state index contributed by atoms with van der Waals surface area (Å²) in [6.45, 7) is 2.39. The van der Waals surface area contributed by atoms with Gasteiger partial charge in [0.15, 0.2) is 0 Å². The molecule has 1 aromatic carbocycles. The molecule has 0 spiro atoms. The van der Waals surface area contributed by atoms with Gasteiger partial charge in [-0.15, -0.1) is 0 Å². The number of thioether (sulfide) groups is 1. The molecule has 0 bridgehead atoms. The number of azide groups is 1. The first-order valence-corrected chi connectivity index (χ1v) is 14.7. The number of aromatic amines is 1. The molecule has 1 amide bonds. The summed E-state index contributed by atoms with van der Waals surface area (Å²) in [5.41, 5.74) is 14.2. The van der Waals surface area contributed by atoms with E-state index in [1.54, 1.807) is 6.92 Å². The van der Waals surface area contributed by atoms with Gasteiger partial charge >= 0.3 is 17.6 Å². The number of aryl methyl sites for hydroxylation is 1. The molecule has 3 atom stereocenters. The molecule has 1 aliphatic heterocycles. The SMILES string of the molecule is Cc1cn([C@H]2C[C@H](N=[N+]=[N-])[C@@H](COC(=O)CCCCC(=O)OCSc3ccccc3CNCCC(N)=O)O2)c(=O)[nH]c1=O. The van der Waals surface area contributed by atoms with Crippen molar-refractivity contribution >= 4 is 29.6 Å². The summed E-state index contributed by atoms with van der Waals surface area (Å²) < 4.78 is 17.6. The van der Waals surface area contributed by atoms with Gasteiger partial charge in [0.1, 0.15) is 24.9 Å². The summed E-state index contributed by atoms with van der Waals surface area (Å²) in [6.07, 6.45) is 1.25. The number of aromatic nitrogens is 2. The van der Waals surface area contributed by atoms with Gasteiger partial charge in [-0.05, 0) is 36.9 Å². The summed E-state index contributed by atoms with van der Waals surface area (Å²) in [4.78, 5) is 65.1. The molecule has 43 heavy (non-hydrogen) atoms. The molecule has 1 fully saturated rings. The normalized spacial score (nSPS) is 17.7. The quantitative estimate of drug-likeness (QED) is 0.0446. The first-order chi connectivity index (χ1) is 20.7. The molecule has 1 saturated heterocycles. The predicted octanol–water partition coefficient (Wildman–Crippen LogP) is 2.17. The first-order valence-electron chi connectivity index (χ1n) is 13.7. The Morgan fingerprint density at radius 2 is 1.91 bits per heavy atom. The van der Waals surface area contributed by atoms with Crippen molar-refractivity contribution in [2.75, 3.05) is 19.1 Å². The molecule has 1 aromatic heterocycles. The summed E-state index contributed by atoms with van der Waals surface area (Å²) >= 11 is 1.38. The van der Waals surface area contributed by atoms with Gasteiger partial charge in [-0.2, -0.15) is 0 Å². The van der Waals surface area contributed by atoms with Crippen molar-refractivity contribution in [3.05, 3.63) is 72.9 Å². The molecule has 1 aliphatic rings. The number of nitrogens with zero attached hydrogens (tertiary/aromatic N) is 4. The second kappa shape index (κ2) is 17.1. The molecular weight excluding hydrogens is 582 g/mol. The Labute approximate surface area is 251 Å². The Kier molecular flexibility index (Phi) is 13.3. The molecule has 0 unspecified atom stereocenters. The lowest BCUT2D eigenvalue weighted by atomic mass is 10.1. The van der Waals surface area contributed by atoms with E-state index in [4.69, 9.17) is 25.5 Å². The van der Waals surface area contributed by atoms with Crippen molar-refractivity contribution < 1.29 is 28.6 Å². The van der Waals surface area contributed by atoms with Crippen molar-refractivity contribution in [1.82, 2.24) is 14.9 Å². The van der Waals surface area contributed by atoms with Gasteiger partial charge in [-0.25, -0.2) is 4.79 Å². The summed E-state index contributed by atoms with van der Waals surface area (Å²) in [6, 6.07) is 6.98. The zero-order chi connectivity index (χ0) is 31.2. The number of hydrogen-bond acceptors (Lipinski definition) is 11. The van der Waals surface area contributed by atoms with Gasteiger partial charge in [0.05, 0.1) is 6.04 Å². The van der Waals surface area contributed by atoms with Crippen LogP contribution in [-0.4, -0.2) is 58.6 Å². The highest BCUT2D eigenvalue weighted by atomic mass is 32.2. The Hall–Kier alpha value is -4.11. The van der Waals surface area contributed by atoms with Crippen LogP contribution in [0.1, 0.15) is 55.9 Å². The lowest BCUT2D eigenvalue weighted by Crippen LogP contribution is -2.33. The number of primary amides is 1. The van der Waals surface area contributed by atoms with Gasteiger partial charge in [0.25, 0.3) is 5.56 Å². The maximum atomic E-state index is 12.3. The van der Waals surface area contributed by atoms with Crippen molar-refractivity contribution in [2.24, 2.45) is 10.8 Å². The topological polar surface area (TPSA) is 221 Å². The van der Waals surface area contributed by atoms with Gasteiger partial charge in [-0.3, -0.25) is 28.7 Å². The third-order valence-corrected chi connectivity index (χ3v) is 7.50. The number of nitrogens with one attached hydrogen (secondary N) is 2. The van der Waals surface area contributed by atoms with Gasteiger partial charge in [-0.1, -0.05) is 35.1 Å².